The van der Waals surface area contributed by atoms with Crippen molar-refractivity contribution in [3.05, 3.63) is 53.0 Å². The van der Waals surface area contributed by atoms with Gasteiger partial charge < -0.3 is 5.32 Å². The first-order chi connectivity index (χ1) is 14.7. The minimum Gasteiger partial charge on any atom is -0.325 e. The highest BCUT2D eigenvalue weighted by Crippen LogP contribution is 2.41. The van der Waals surface area contributed by atoms with Crippen molar-refractivity contribution in [2.75, 3.05) is 5.32 Å². The van der Waals surface area contributed by atoms with Gasteiger partial charge in [0, 0.05) is 21.5 Å². The van der Waals surface area contributed by atoms with Gasteiger partial charge in [0.25, 0.3) is 0 Å². The number of aryl methyl sites for hydroxylation is 1. The van der Waals surface area contributed by atoms with Crippen LogP contribution in [0.4, 0.5) is 5.69 Å². The molecular weight excluding hydrogens is 473 g/mol. The maximum atomic E-state index is 12.8. The van der Waals surface area contributed by atoms with E-state index in [1.54, 1.807) is 29.6 Å². The topological polar surface area (TPSA) is 115 Å². The first kappa shape index (κ1) is 21.9. The molecule has 3 heterocycles. The lowest BCUT2D eigenvalue weighted by atomic mass is 10.2. The second kappa shape index (κ2) is 8.67. The molecule has 11 heteroatoms. The molecule has 0 radical (unpaired) electrons. The summed E-state index contributed by atoms with van der Waals surface area (Å²) in [6.07, 6.45) is 0. The Morgan fingerprint density at radius 2 is 1.90 bits per heavy atom. The summed E-state index contributed by atoms with van der Waals surface area (Å²) in [4.78, 5) is 23.9. The number of thiophene rings is 2. The van der Waals surface area contributed by atoms with Crippen molar-refractivity contribution in [2.45, 2.75) is 29.0 Å². The Morgan fingerprint density at radius 1 is 1.16 bits per heavy atom. The highest BCUT2D eigenvalue weighted by Gasteiger charge is 2.21. The number of nitrogens with zero attached hydrogens (tertiary/aromatic N) is 2. The van der Waals surface area contributed by atoms with Gasteiger partial charge in [0.1, 0.15) is 15.7 Å². The SMILES string of the molecule is Cc1nc(SC(C)C(=O)Nc2ccc(S(N)(=O)=O)cc2)c2c(-c3cccs3)csc2n1. The van der Waals surface area contributed by atoms with Gasteiger partial charge in [-0.15, -0.1) is 22.7 Å². The summed E-state index contributed by atoms with van der Waals surface area (Å²) >= 11 is 4.58. The molecule has 0 aliphatic carbocycles. The lowest BCUT2D eigenvalue weighted by Gasteiger charge is -2.13. The molecule has 4 aromatic rings. The molecule has 4 rings (SSSR count). The minimum absolute atomic E-state index is 0.00894. The lowest BCUT2D eigenvalue weighted by Crippen LogP contribution is -2.22. The van der Waals surface area contributed by atoms with Crippen LogP contribution in [0.3, 0.4) is 0 Å². The largest absolute Gasteiger partial charge is 0.325 e. The van der Waals surface area contributed by atoms with Crippen LogP contribution in [-0.4, -0.2) is 29.5 Å². The maximum Gasteiger partial charge on any atom is 0.238 e. The van der Waals surface area contributed by atoms with Crippen LogP contribution in [0.2, 0.25) is 0 Å². The van der Waals surface area contributed by atoms with Crippen LogP contribution in [0.15, 0.2) is 57.1 Å². The molecule has 1 aromatic carbocycles. The van der Waals surface area contributed by atoms with Gasteiger partial charge in [-0.25, -0.2) is 23.5 Å². The van der Waals surface area contributed by atoms with E-state index in [-0.39, 0.29) is 10.8 Å². The number of nitrogens with two attached hydrogens (primary N) is 1. The van der Waals surface area contributed by atoms with Crippen LogP contribution in [0.1, 0.15) is 12.7 Å². The number of fused-ring (bicyclic) bond motifs is 1. The fourth-order valence-electron chi connectivity index (χ4n) is 2.90. The predicted octanol–water partition coefficient (Wildman–Crippen LogP) is 4.49. The first-order valence-corrected chi connectivity index (χ1v) is 13.3. The summed E-state index contributed by atoms with van der Waals surface area (Å²) in [5, 5.41) is 13.3. The normalized spacial score (nSPS) is 12.7. The monoisotopic (exact) mass is 490 g/mol. The molecule has 0 saturated carbocycles. The molecule has 3 aromatic heterocycles. The van der Waals surface area contributed by atoms with Crippen LogP contribution < -0.4 is 10.5 Å². The molecule has 0 fully saturated rings. The molecule has 0 aliphatic rings. The van der Waals surface area contributed by atoms with Gasteiger partial charge in [0.15, 0.2) is 0 Å². The van der Waals surface area contributed by atoms with Crippen LogP contribution in [0.5, 0.6) is 0 Å². The molecule has 1 unspecified atom stereocenters. The summed E-state index contributed by atoms with van der Waals surface area (Å²) < 4.78 is 22.8. The second-order valence-corrected chi connectivity index (χ2v) is 11.4. The van der Waals surface area contributed by atoms with Gasteiger partial charge >= 0.3 is 0 Å². The van der Waals surface area contributed by atoms with Gasteiger partial charge in [0.2, 0.25) is 15.9 Å². The number of primary sulfonamides is 1. The van der Waals surface area contributed by atoms with Crippen LogP contribution in [0.25, 0.3) is 20.7 Å². The molecule has 0 bridgehead atoms. The van der Waals surface area contributed by atoms with E-state index >= 15 is 0 Å². The molecule has 1 atom stereocenters. The Balaban J connectivity index is 1.57. The van der Waals surface area contributed by atoms with Crippen molar-refractivity contribution in [2.24, 2.45) is 5.14 Å². The van der Waals surface area contributed by atoms with Gasteiger partial charge in [-0.05, 0) is 49.6 Å². The number of amides is 1. The standard InChI is InChI=1S/C20H18N4O3S4/c1-11(18(25)24-13-5-7-14(8-6-13)31(21,26)27)30-20-17-15(16-4-3-9-28-16)10-29-19(17)22-12(2)23-20/h3-11H,1-2H3,(H,24,25)(H2,21,26,27). The van der Waals surface area contributed by atoms with E-state index in [2.05, 4.69) is 26.7 Å². The number of nitrogens with one attached hydrogen (secondary N) is 1. The number of benzene rings is 1. The van der Waals surface area contributed by atoms with E-state index in [0.717, 1.165) is 25.7 Å². The third kappa shape index (κ3) is 4.80. The Labute approximate surface area is 191 Å². The van der Waals surface area contributed by atoms with Crippen LogP contribution in [0, 0.1) is 6.92 Å². The quantitative estimate of drug-likeness (QED) is 0.304. The molecule has 7 nitrogen and oxygen atoms in total. The van der Waals surface area contributed by atoms with Gasteiger partial charge in [0.05, 0.1) is 15.5 Å². The van der Waals surface area contributed by atoms with E-state index < -0.39 is 15.3 Å². The first-order valence-electron chi connectivity index (χ1n) is 9.12. The van der Waals surface area contributed by atoms with Crippen molar-refractivity contribution in [3.8, 4) is 10.4 Å². The van der Waals surface area contributed by atoms with Gasteiger partial charge in [-0.3, -0.25) is 4.79 Å². The number of hydrogen-bond acceptors (Lipinski definition) is 8. The van der Waals surface area contributed by atoms with Crippen LogP contribution in [-0.2, 0) is 14.8 Å². The summed E-state index contributed by atoms with van der Waals surface area (Å²) in [5.41, 5.74) is 1.56. The number of aromatic nitrogens is 2. The Morgan fingerprint density at radius 3 is 2.55 bits per heavy atom. The fourth-order valence-corrected chi connectivity index (χ4v) is 6.30. The van der Waals surface area contributed by atoms with Gasteiger partial charge in [-0.1, -0.05) is 17.8 Å². The van der Waals surface area contributed by atoms with Crippen molar-refractivity contribution in [3.63, 3.8) is 0 Å². The Hall–Kier alpha value is -2.31. The highest BCUT2D eigenvalue weighted by molar-refractivity contribution is 8.00. The summed E-state index contributed by atoms with van der Waals surface area (Å²) in [7, 11) is -3.78. The average molecular weight is 491 g/mol. The molecule has 0 spiro atoms. The molecule has 31 heavy (non-hydrogen) atoms. The number of carbonyl (C=O) groups excluding carboxylic acids is 1. The summed E-state index contributed by atoms with van der Waals surface area (Å²) in [5.74, 6) is 0.437. The Kier molecular flexibility index (Phi) is 6.13. The average Bonchev–Trinajstić information content (AvgIpc) is 3.37. The number of thioether (sulfide) groups is 1. The number of sulfonamides is 1. The van der Waals surface area contributed by atoms with Crippen molar-refractivity contribution < 1.29 is 13.2 Å². The van der Waals surface area contributed by atoms with Crippen molar-refractivity contribution in [1.82, 2.24) is 9.97 Å². The van der Waals surface area contributed by atoms with E-state index in [9.17, 15) is 13.2 Å². The highest BCUT2D eigenvalue weighted by atomic mass is 32.2. The van der Waals surface area contributed by atoms with Crippen molar-refractivity contribution in [1.29, 1.82) is 0 Å². The zero-order chi connectivity index (χ0) is 22.2. The third-order valence-electron chi connectivity index (χ3n) is 4.41. The number of rotatable bonds is 6. The zero-order valence-corrected chi connectivity index (χ0v) is 19.8. The summed E-state index contributed by atoms with van der Waals surface area (Å²) in [6.45, 7) is 3.64. The smallest absolute Gasteiger partial charge is 0.238 e. The number of carbonyl (C=O) groups is 1. The third-order valence-corrected chi connectivity index (χ3v) is 8.20. The minimum atomic E-state index is -3.78. The second-order valence-electron chi connectivity index (χ2n) is 6.70. The van der Waals surface area contributed by atoms with Crippen molar-refractivity contribution >= 4 is 66.3 Å². The van der Waals surface area contributed by atoms with Crippen LogP contribution >= 0.6 is 34.4 Å². The lowest BCUT2D eigenvalue weighted by molar-refractivity contribution is -0.115. The zero-order valence-electron chi connectivity index (χ0n) is 16.5. The predicted molar refractivity (Wildman–Crippen MR) is 127 cm³/mol. The molecule has 0 saturated heterocycles. The fraction of sp³-hybridized carbons (Fsp3) is 0.150. The van der Waals surface area contributed by atoms with E-state index in [1.165, 1.54) is 36.0 Å². The summed E-state index contributed by atoms with van der Waals surface area (Å²) in [6, 6.07) is 9.80. The van der Waals surface area contributed by atoms with Gasteiger partial charge in [-0.2, -0.15) is 0 Å². The molecular formula is C20H18N4O3S4. The van der Waals surface area contributed by atoms with E-state index in [0.29, 0.717) is 11.5 Å². The molecule has 0 aliphatic heterocycles. The molecule has 160 valence electrons. The Bertz CT molecular complexity index is 1350. The van der Waals surface area contributed by atoms with E-state index in [1.807, 2.05) is 18.4 Å². The number of hydrogen-bond donors (Lipinski definition) is 2. The maximum absolute atomic E-state index is 12.8. The number of anilines is 1. The molecule has 3 N–H and O–H groups in total. The van der Waals surface area contributed by atoms with E-state index in [4.69, 9.17) is 5.14 Å². The molecule has 1 amide bonds.